The Kier molecular flexibility index (Phi) is 12.7. The van der Waals surface area contributed by atoms with Crippen LogP contribution in [0.3, 0.4) is 0 Å². The van der Waals surface area contributed by atoms with Crippen LogP contribution in [0.25, 0.3) is 11.0 Å². The topological polar surface area (TPSA) is 230 Å². The number of ether oxygens (including phenoxy) is 1. The van der Waals surface area contributed by atoms with E-state index in [4.69, 9.17) is 16.2 Å². The summed E-state index contributed by atoms with van der Waals surface area (Å²) in [6.07, 6.45) is 3.40. The van der Waals surface area contributed by atoms with Crippen molar-refractivity contribution >= 4 is 52.2 Å². The lowest BCUT2D eigenvalue weighted by Gasteiger charge is -2.29. The van der Waals surface area contributed by atoms with Gasteiger partial charge in [-0.2, -0.15) is 0 Å². The number of imidazole rings is 1. The third-order valence-electron chi connectivity index (χ3n) is 12.5. The lowest BCUT2D eigenvalue weighted by molar-refractivity contribution is -0.136. The second-order valence-electron chi connectivity index (χ2n) is 16.8. The van der Waals surface area contributed by atoms with Crippen molar-refractivity contribution in [3.05, 3.63) is 129 Å². The Morgan fingerprint density at radius 1 is 0.859 bits per heavy atom. The molecule has 4 atom stereocenters. The number of nitrogens with zero attached hydrogens (tertiary/aromatic N) is 3. The molecule has 1 unspecified atom stereocenters. The fraction of sp³-hybridized carbons (Fsp3) is 0.354. The zero-order valence-electron chi connectivity index (χ0n) is 35.6. The first-order chi connectivity index (χ1) is 30.9. The smallest absolute Gasteiger partial charge is 0.329 e. The van der Waals surface area contributed by atoms with Gasteiger partial charge in [0.25, 0.3) is 0 Å². The first kappa shape index (κ1) is 43.6. The van der Waals surface area contributed by atoms with Gasteiger partial charge >= 0.3 is 5.69 Å². The minimum absolute atomic E-state index is 0.0497. The first-order valence-corrected chi connectivity index (χ1v) is 21.8. The SMILES string of the molecule is Cn1c(=O)n(C2CCC(=O)NC2=O)c2ccc(CCCCOc3ccc4c5c3CC[C@H](N)C(=O)N5[C@H](C(=O)N[C@@H](CCC(N)=O)C(=O)NC(c3ccccc3)c3ccccc3)C4)cc21. The number of fused-ring (bicyclic) bond motifs is 1. The van der Waals surface area contributed by atoms with Crippen molar-refractivity contribution in [3.63, 3.8) is 0 Å². The van der Waals surface area contributed by atoms with Crippen molar-refractivity contribution in [1.29, 1.82) is 0 Å². The van der Waals surface area contributed by atoms with E-state index in [0.717, 1.165) is 34.2 Å². The molecule has 0 spiro atoms. The first-order valence-electron chi connectivity index (χ1n) is 21.8. The van der Waals surface area contributed by atoms with E-state index >= 15 is 0 Å². The van der Waals surface area contributed by atoms with E-state index in [2.05, 4.69) is 16.0 Å². The van der Waals surface area contributed by atoms with Crippen LogP contribution in [0, 0.1) is 0 Å². The predicted molar refractivity (Wildman–Crippen MR) is 238 cm³/mol. The van der Waals surface area contributed by atoms with Crippen molar-refractivity contribution in [1.82, 2.24) is 25.1 Å². The van der Waals surface area contributed by atoms with Gasteiger partial charge in [0.2, 0.25) is 35.4 Å². The fourth-order valence-corrected chi connectivity index (χ4v) is 9.16. The molecule has 1 saturated heterocycles. The average molecular weight is 869 g/mol. The molecule has 4 aromatic carbocycles. The van der Waals surface area contributed by atoms with E-state index in [0.29, 0.717) is 54.8 Å². The Hall–Kier alpha value is -7.07. The lowest BCUT2D eigenvalue weighted by Crippen LogP contribution is -2.56. The van der Waals surface area contributed by atoms with Crippen molar-refractivity contribution < 1.29 is 33.5 Å². The molecule has 16 heteroatoms. The van der Waals surface area contributed by atoms with Gasteiger partial charge in [-0.05, 0) is 85.4 Å². The monoisotopic (exact) mass is 868 g/mol. The maximum Gasteiger partial charge on any atom is 0.329 e. The molecule has 3 aliphatic rings. The summed E-state index contributed by atoms with van der Waals surface area (Å²) in [7, 11) is 1.67. The van der Waals surface area contributed by atoms with Gasteiger partial charge in [0, 0.05) is 31.9 Å². The van der Waals surface area contributed by atoms with Crippen molar-refractivity contribution in [3.8, 4) is 5.75 Å². The number of aryl methyl sites for hydroxylation is 2. The summed E-state index contributed by atoms with van der Waals surface area (Å²) in [6, 6.07) is 24.0. The zero-order valence-corrected chi connectivity index (χ0v) is 35.6. The van der Waals surface area contributed by atoms with Gasteiger partial charge in [-0.25, -0.2) is 4.79 Å². The van der Waals surface area contributed by atoms with Gasteiger partial charge in [0.05, 0.1) is 35.4 Å². The number of piperidine rings is 1. The fourth-order valence-electron chi connectivity index (χ4n) is 9.16. The molecule has 64 heavy (non-hydrogen) atoms. The summed E-state index contributed by atoms with van der Waals surface area (Å²) in [5.41, 5.74) is 17.8. The van der Waals surface area contributed by atoms with Crippen LogP contribution in [-0.4, -0.2) is 69.3 Å². The van der Waals surface area contributed by atoms with Crippen LogP contribution in [0.1, 0.15) is 84.8 Å². The van der Waals surface area contributed by atoms with Crippen LogP contribution >= 0.6 is 0 Å². The van der Waals surface area contributed by atoms with Crippen LogP contribution in [0.15, 0.2) is 95.8 Å². The number of carbonyl (C=O) groups is 6. The number of anilines is 1. The van der Waals surface area contributed by atoms with E-state index in [1.54, 1.807) is 7.05 Å². The van der Waals surface area contributed by atoms with Crippen molar-refractivity contribution in [2.24, 2.45) is 18.5 Å². The maximum absolute atomic E-state index is 14.3. The molecule has 5 aromatic rings. The van der Waals surface area contributed by atoms with E-state index in [1.807, 2.05) is 91.0 Å². The highest BCUT2D eigenvalue weighted by molar-refractivity contribution is 6.07. The molecule has 16 nitrogen and oxygen atoms in total. The van der Waals surface area contributed by atoms with Gasteiger partial charge in [-0.3, -0.25) is 48.1 Å². The largest absolute Gasteiger partial charge is 0.493 e. The number of carbonyl (C=O) groups excluding carboxylic acids is 6. The molecule has 1 aromatic heterocycles. The Balaban J connectivity index is 0.940. The second kappa shape index (κ2) is 18.7. The number of benzene rings is 4. The molecule has 0 saturated carbocycles. The summed E-state index contributed by atoms with van der Waals surface area (Å²) >= 11 is 0. The van der Waals surface area contributed by atoms with Crippen molar-refractivity contribution in [2.75, 3.05) is 11.5 Å². The number of imide groups is 1. The maximum atomic E-state index is 14.3. The molecule has 7 N–H and O–H groups in total. The third-order valence-corrected chi connectivity index (χ3v) is 12.5. The highest BCUT2D eigenvalue weighted by Gasteiger charge is 2.44. The Bertz CT molecular complexity index is 2640. The Morgan fingerprint density at radius 2 is 1.58 bits per heavy atom. The molecule has 1 fully saturated rings. The van der Waals surface area contributed by atoms with Crippen LogP contribution in [-0.2, 0) is 55.1 Å². The van der Waals surface area contributed by atoms with E-state index in [1.165, 1.54) is 14.0 Å². The number of nitrogens with two attached hydrogens (primary N) is 2. The number of hydrogen-bond acceptors (Lipinski definition) is 9. The third kappa shape index (κ3) is 8.91. The summed E-state index contributed by atoms with van der Waals surface area (Å²) in [5.74, 6) is -2.30. The number of nitrogens with one attached hydrogen (secondary N) is 3. The van der Waals surface area contributed by atoms with Crippen LogP contribution in [0.2, 0.25) is 0 Å². The molecule has 0 bridgehead atoms. The van der Waals surface area contributed by atoms with Crippen LogP contribution < -0.4 is 42.7 Å². The average Bonchev–Trinajstić information content (AvgIpc) is 3.76. The Morgan fingerprint density at radius 3 is 2.27 bits per heavy atom. The zero-order chi connectivity index (χ0) is 45.1. The number of unbranched alkanes of at least 4 members (excludes halogenated alkanes) is 1. The van der Waals surface area contributed by atoms with Crippen LogP contribution in [0.5, 0.6) is 5.75 Å². The Labute approximate surface area is 369 Å². The molecule has 0 aliphatic carbocycles. The molecular formula is C48H52N8O8. The molecule has 3 aliphatic heterocycles. The summed E-state index contributed by atoms with van der Waals surface area (Å²) in [5, 5.41) is 8.27. The molecule has 332 valence electrons. The number of hydrogen-bond donors (Lipinski definition) is 5. The molecule has 6 amide bonds. The molecular weight excluding hydrogens is 817 g/mol. The number of aromatic nitrogens is 2. The highest BCUT2D eigenvalue weighted by atomic mass is 16.5. The molecule has 4 heterocycles. The van der Waals surface area contributed by atoms with Crippen LogP contribution in [0.4, 0.5) is 5.69 Å². The molecule has 8 rings (SSSR count). The standard InChI is InChI=1S/C48H52N8O8/c1-54-37-26-28(15-20-35(37)55(48(54)63)36-21-24-41(58)52-45(36)60)10-8-9-25-64-39-22-16-31-27-38(56-43(31)32(39)17-18-33(49)47(56)62)46(61)51-34(19-23-40(50)57)44(59)53-42(29-11-4-2-5-12-29)30-13-6-3-7-14-30/h2-7,11-16,20,22,26,33-34,36,38,42H,8-10,17-19,21,23-25,27,49H2,1H3,(H2,50,57)(H,51,61)(H,53,59)(H,52,58,60)/t33-,34-,36?,38-/m0/s1. The minimum atomic E-state index is -1.14. The van der Waals surface area contributed by atoms with Crippen molar-refractivity contribution in [2.45, 2.75) is 94.4 Å². The quantitative estimate of drug-likeness (QED) is 0.0725. The predicted octanol–water partition coefficient (Wildman–Crippen LogP) is 2.91. The summed E-state index contributed by atoms with van der Waals surface area (Å²) in [4.78, 5) is 93.2. The minimum Gasteiger partial charge on any atom is -0.493 e. The van der Waals surface area contributed by atoms with Gasteiger partial charge in [-0.15, -0.1) is 0 Å². The summed E-state index contributed by atoms with van der Waals surface area (Å²) in [6.45, 7) is 0.381. The van der Waals surface area contributed by atoms with Gasteiger partial charge < -0.3 is 26.8 Å². The molecule has 0 radical (unpaired) electrons. The lowest BCUT2D eigenvalue weighted by atomic mass is 9.97. The normalized spacial score (nSPS) is 18.6. The van der Waals surface area contributed by atoms with E-state index in [-0.39, 0.29) is 43.7 Å². The number of rotatable bonds is 16. The van der Waals surface area contributed by atoms with Gasteiger partial charge in [0.15, 0.2) is 0 Å². The van der Waals surface area contributed by atoms with Gasteiger partial charge in [-0.1, -0.05) is 72.8 Å². The summed E-state index contributed by atoms with van der Waals surface area (Å²) < 4.78 is 9.35. The highest BCUT2D eigenvalue weighted by Crippen LogP contribution is 2.43. The second-order valence-corrected chi connectivity index (χ2v) is 16.8. The van der Waals surface area contributed by atoms with E-state index < -0.39 is 59.7 Å². The van der Waals surface area contributed by atoms with Gasteiger partial charge in [0.1, 0.15) is 23.9 Å². The number of primary amides is 1. The number of amides is 6. The van der Waals surface area contributed by atoms with E-state index in [9.17, 15) is 33.6 Å².